The second-order valence-electron chi connectivity index (χ2n) is 8.19. The molecule has 0 atom stereocenters. The van der Waals surface area contributed by atoms with Crippen molar-refractivity contribution >= 4 is 17.7 Å². The minimum atomic E-state index is 0.0691. The van der Waals surface area contributed by atoms with Crippen LogP contribution in [0.2, 0.25) is 0 Å². The Bertz CT molecular complexity index is 826. The van der Waals surface area contributed by atoms with Gasteiger partial charge in [-0.2, -0.15) is 0 Å². The van der Waals surface area contributed by atoms with Gasteiger partial charge in [0.2, 0.25) is 5.91 Å². The summed E-state index contributed by atoms with van der Waals surface area (Å²) >= 11 is 0. The number of hydrogen-bond acceptors (Lipinski definition) is 3. The van der Waals surface area contributed by atoms with E-state index >= 15 is 0 Å². The Morgan fingerprint density at radius 2 is 1.61 bits per heavy atom. The third-order valence-electron chi connectivity index (χ3n) is 5.21. The number of methoxy groups -OCH3 is 1. The van der Waals surface area contributed by atoms with Crippen LogP contribution >= 0.6 is 0 Å². The molecule has 1 saturated heterocycles. The number of carbonyl (C=O) groups is 1. The standard InChI is InChI=1S/C24H30N2O2/c1-24(2,3)20-12-9-19(10-13-20)11-14-23(27)26-17-15-25(16-18-26)21-7-5-6-8-22(21)28-4/h5-14H,15-18H2,1-4H3. The van der Waals surface area contributed by atoms with Crippen LogP contribution in [0.25, 0.3) is 6.08 Å². The number of nitrogens with zero attached hydrogens (tertiary/aromatic N) is 2. The van der Waals surface area contributed by atoms with E-state index in [-0.39, 0.29) is 11.3 Å². The highest BCUT2D eigenvalue weighted by molar-refractivity contribution is 5.92. The summed E-state index contributed by atoms with van der Waals surface area (Å²) in [6, 6.07) is 16.4. The Morgan fingerprint density at radius 1 is 0.964 bits per heavy atom. The predicted octanol–water partition coefficient (Wildman–Crippen LogP) is 4.35. The number of para-hydroxylation sites is 2. The van der Waals surface area contributed by atoms with Gasteiger partial charge < -0.3 is 14.5 Å². The molecule has 0 bridgehead atoms. The summed E-state index contributed by atoms with van der Waals surface area (Å²) in [4.78, 5) is 16.7. The van der Waals surface area contributed by atoms with Crippen molar-refractivity contribution in [3.8, 4) is 5.75 Å². The molecular weight excluding hydrogens is 348 g/mol. The molecule has 2 aromatic rings. The average molecular weight is 379 g/mol. The van der Waals surface area contributed by atoms with E-state index in [1.54, 1.807) is 13.2 Å². The molecule has 0 unspecified atom stereocenters. The number of anilines is 1. The number of rotatable bonds is 4. The smallest absolute Gasteiger partial charge is 0.246 e. The van der Waals surface area contributed by atoms with Gasteiger partial charge in [-0.15, -0.1) is 0 Å². The Morgan fingerprint density at radius 3 is 2.21 bits per heavy atom. The first-order valence-corrected chi connectivity index (χ1v) is 9.84. The third kappa shape index (κ3) is 4.75. The summed E-state index contributed by atoms with van der Waals surface area (Å²) < 4.78 is 5.46. The molecule has 1 aliphatic rings. The topological polar surface area (TPSA) is 32.8 Å². The van der Waals surface area contributed by atoms with Gasteiger partial charge in [0.05, 0.1) is 12.8 Å². The molecule has 4 nitrogen and oxygen atoms in total. The molecular formula is C24H30N2O2. The third-order valence-corrected chi connectivity index (χ3v) is 5.21. The van der Waals surface area contributed by atoms with E-state index in [1.165, 1.54) is 5.56 Å². The molecule has 0 spiro atoms. The van der Waals surface area contributed by atoms with Crippen molar-refractivity contribution in [3.05, 3.63) is 65.7 Å². The van der Waals surface area contributed by atoms with Crippen molar-refractivity contribution in [1.82, 2.24) is 4.90 Å². The maximum Gasteiger partial charge on any atom is 0.246 e. The zero-order chi connectivity index (χ0) is 20.1. The normalized spacial score (nSPS) is 15.1. The minimum Gasteiger partial charge on any atom is -0.495 e. The lowest BCUT2D eigenvalue weighted by Crippen LogP contribution is -2.48. The second kappa shape index (κ2) is 8.51. The lowest BCUT2D eigenvalue weighted by atomic mass is 9.87. The molecule has 3 rings (SSSR count). The van der Waals surface area contributed by atoms with Crippen LogP contribution in [0.15, 0.2) is 54.6 Å². The van der Waals surface area contributed by atoms with Crippen molar-refractivity contribution in [2.45, 2.75) is 26.2 Å². The van der Waals surface area contributed by atoms with Gasteiger partial charge >= 0.3 is 0 Å². The van der Waals surface area contributed by atoms with Crippen molar-refractivity contribution in [2.24, 2.45) is 0 Å². The maximum atomic E-state index is 12.6. The van der Waals surface area contributed by atoms with Crippen LogP contribution in [0.4, 0.5) is 5.69 Å². The molecule has 1 heterocycles. The maximum absolute atomic E-state index is 12.6. The average Bonchev–Trinajstić information content (AvgIpc) is 2.71. The Labute approximate surface area is 168 Å². The van der Waals surface area contributed by atoms with E-state index in [0.717, 1.165) is 30.1 Å². The first-order chi connectivity index (χ1) is 13.4. The largest absolute Gasteiger partial charge is 0.495 e. The number of carbonyl (C=O) groups excluding carboxylic acids is 1. The lowest BCUT2D eigenvalue weighted by Gasteiger charge is -2.36. The highest BCUT2D eigenvalue weighted by Gasteiger charge is 2.21. The number of hydrogen-bond donors (Lipinski definition) is 0. The van der Waals surface area contributed by atoms with Crippen molar-refractivity contribution in [2.75, 3.05) is 38.2 Å². The van der Waals surface area contributed by atoms with E-state index in [4.69, 9.17) is 4.74 Å². The summed E-state index contributed by atoms with van der Waals surface area (Å²) in [6.07, 6.45) is 3.59. The molecule has 148 valence electrons. The fourth-order valence-electron chi connectivity index (χ4n) is 3.43. The van der Waals surface area contributed by atoms with E-state index in [1.807, 2.05) is 29.2 Å². The molecule has 0 aliphatic carbocycles. The quantitative estimate of drug-likeness (QED) is 0.742. The highest BCUT2D eigenvalue weighted by atomic mass is 16.5. The van der Waals surface area contributed by atoms with Crippen molar-refractivity contribution < 1.29 is 9.53 Å². The van der Waals surface area contributed by atoms with Gasteiger partial charge in [0.1, 0.15) is 5.75 Å². The van der Waals surface area contributed by atoms with Crippen molar-refractivity contribution in [3.63, 3.8) is 0 Å². The molecule has 28 heavy (non-hydrogen) atoms. The lowest BCUT2D eigenvalue weighted by molar-refractivity contribution is -0.126. The molecule has 0 aromatic heterocycles. The second-order valence-corrected chi connectivity index (χ2v) is 8.19. The fraction of sp³-hybridized carbons (Fsp3) is 0.375. The van der Waals surface area contributed by atoms with Crippen LogP contribution in [-0.4, -0.2) is 44.1 Å². The van der Waals surface area contributed by atoms with Crippen LogP contribution in [0, 0.1) is 0 Å². The first kappa shape index (κ1) is 20.0. The summed E-state index contributed by atoms with van der Waals surface area (Å²) in [5, 5.41) is 0. The Kier molecular flexibility index (Phi) is 6.08. The SMILES string of the molecule is COc1ccccc1N1CCN(C(=O)C=Cc2ccc(C(C)(C)C)cc2)CC1. The summed E-state index contributed by atoms with van der Waals surface area (Å²) in [6.45, 7) is 9.64. The summed E-state index contributed by atoms with van der Waals surface area (Å²) in [7, 11) is 1.69. The van der Waals surface area contributed by atoms with Crippen LogP contribution in [0.3, 0.4) is 0 Å². The molecule has 0 N–H and O–H groups in total. The van der Waals surface area contributed by atoms with Crippen LogP contribution in [0.5, 0.6) is 5.75 Å². The van der Waals surface area contributed by atoms with Gasteiger partial charge in [-0.25, -0.2) is 0 Å². The highest BCUT2D eigenvalue weighted by Crippen LogP contribution is 2.28. The Balaban J connectivity index is 1.57. The Hall–Kier alpha value is -2.75. The van der Waals surface area contributed by atoms with Crippen LogP contribution in [-0.2, 0) is 10.2 Å². The van der Waals surface area contributed by atoms with Gasteiger partial charge in [-0.3, -0.25) is 4.79 Å². The molecule has 2 aromatic carbocycles. The van der Waals surface area contributed by atoms with E-state index in [2.05, 4.69) is 56.0 Å². The molecule has 0 radical (unpaired) electrons. The fourth-order valence-corrected chi connectivity index (χ4v) is 3.43. The molecule has 4 heteroatoms. The molecule has 1 amide bonds. The molecule has 1 aliphatic heterocycles. The molecule has 1 fully saturated rings. The van der Waals surface area contributed by atoms with E-state index in [0.29, 0.717) is 13.1 Å². The molecule has 0 saturated carbocycles. The van der Waals surface area contributed by atoms with Crippen molar-refractivity contribution in [1.29, 1.82) is 0 Å². The van der Waals surface area contributed by atoms with Gasteiger partial charge in [0, 0.05) is 32.3 Å². The van der Waals surface area contributed by atoms with E-state index in [9.17, 15) is 4.79 Å². The minimum absolute atomic E-state index is 0.0691. The first-order valence-electron chi connectivity index (χ1n) is 9.84. The van der Waals surface area contributed by atoms with Gasteiger partial charge in [-0.1, -0.05) is 57.2 Å². The zero-order valence-corrected chi connectivity index (χ0v) is 17.3. The van der Waals surface area contributed by atoms with Gasteiger partial charge in [0.15, 0.2) is 0 Å². The number of amides is 1. The van der Waals surface area contributed by atoms with Gasteiger partial charge in [0.25, 0.3) is 0 Å². The van der Waals surface area contributed by atoms with Crippen LogP contribution in [0.1, 0.15) is 31.9 Å². The number of piperazine rings is 1. The predicted molar refractivity (Wildman–Crippen MR) is 116 cm³/mol. The van der Waals surface area contributed by atoms with Gasteiger partial charge in [-0.05, 0) is 34.8 Å². The monoisotopic (exact) mass is 378 g/mol. The van der Waals surface area contributed by atoms with E-state index < -0.39 is 0 Å². The zero-order valence-electron chi connectivity index (χ0n) is 17.3. The van der Waals surface area contributed by atoms with Crippen LogP contribution < -0.4 is 9.64 Å². The summed E-state index contributed by atoms with van der Waals surface area (Å²) in [5.41, 5.74) is 3.57. The summed E-state index contributed by atoms with van der Waals surface area (Å²) in [5.74, 6) is 0.945. The number of ether oxygens (including phenoxy) is 1. The number of benzene rings is 2.